The van der Waals surface area contributed by atoms with Crippen molar-refractivity contribution in [2.45, 2.75) is 51.4 Å². The summed E-state index contributed by atoms with van der Waals surface area (Å²) < 4.78 is 55.4. The van der Waals surface area contributed by atoms with Crippen LogP contribution in [0.25, 0.3) is 0 Å². The van der Waals surface area contributed by atoms with Crippen LogP contribution in [0, 0.1) is 0 Å². The van der Waals surface area contributed by atoms with Gasteiger partial charge in [-0.2, -0.15) is 13.2 Å². The van der Waals surface area contributed by atoms with E-state index in [9.17, 15) is 13.2 Å². The molecule has 3 nitrogen and oxygen atoms in total. The Balaban J connectivity index is 2.26. The van der Waals surface area contributed by atoms with Crippen LogP contribution in [0.3, 0.4) is 0 Å². The normalized spacial score (nSPS) is 20.3. The first-order valence-corrected chi connectivity index (χ1v) is 7.06. The van der Waals surface area contributed by atoms with Crippen LogP contribution in [0.2, 0.25) is 0 Å². The zero-order valence-electron chi connectivity index (χ0n) is 13.4. The maximum Gasteiger partial charge on any atom is 0.462 e. The van der Waals surface area contributed by atoms with Gasteiger partial charge in [-0.15, -0.1) is 0 Å². The van der Waals surface area contributed by atoms with Crippen molar-refractivity contribution in [1.82, 2.24) is 0 Å². The molecule has 0 radical (unpaired) electrons. The number of alkyl halides is 3. The van der Waals surface area contributed by atoms with Crippen LogP contribution < -0.4 is 4.74 Å². The molecule has 0 N–H and O–H groups in total. The van der Waals surface area contributed by atoms with E-state index in [2.05, 4.69) is 0 Å². The minimum atomic E-state index is -4.39. The van der Waals surface area contributed by atoms with Crippen LogP contribution >= 0.6 is 0 Å². The molecule has 22 heavy (non-hydrogen) atoms. The molecule has 0 amide bonds. The highest BCUT2D eigenvalue weighted by atomic mass is 19.4. The van der Waals surface area contributed by atoms with Gasteiger partial charge < -0.3 is 14.0 Å². The van der Waals surface area contributed by atoms with E-state index in [0.29, 0.717) is 11.3 Å². The molecule has 0 atom stereocenters. The number of hydrogen-bond donors (Lipinski definition) is 0. The summed E-state index contributed by atoms with van der Waals surface area (Å²) in [5, 5.41) is 0. The highest BCUT2D eigenvalue weighted by Gasteiger charge is 2.51. The molecule has 0 saturated carbocycles. The highest BCUT2D eigenvalue weighted by Crippen LogP contribution is 2.39. The number of benzene rings is 1. The van der Waals surface area contributed by atoms with E-state index in [0.717, 1.165) is 12.1 Å². The summed E-state index contributed by atoms with van der Waals surface area (Å²) in [6.07, 6.45) is -4.20. The summed E-state index contributed by atoms with van der Waals surface area (Å²) in [6.45, 7) is 7.60. The monoisotopic (exact) mass is 316 g/mol. The molecule has 0 spiro atoms. The minimum Gasteiger partial charge on any atom is -0.497 e. The summed E-state index contributed by atoms with van der Waals surface area (Å²) in [6, 6.07) is 3.42. The van der Waals surface area contributed by atoms with Crippen molar-refractivity contribution < 1.29 is 27.2 Å². The van der Waals surface area contributed by atoms with Crippen molar-refractivity contribution >= 4 is 7.12 Å². The molecular formula is C15H20BF3O3. The number of ether oxygens (including phenoxy) is 1. The Labute approximate surface area is 128 Å². The van der Waals surface area contributed by atoms with Gasteiger partial charge in [-0.1, -0.05) is 0 Å². The molecule has 0 bridgehead atoms. The highest BCUT2D eigenvalue weighted by molar-refractivity contribution is 6.45. The molecule has 1 aromatic rings. The Bertz CT molecular complexity index is 539. The van der Waals surface area contributed by atoms with Crippen LogP contribution in [-0.2, 0) is 21.8 Å². The first kappa shape index (κ1) is 17.2. The van der Waals surface area contributed by atoms with Crippen molar-refractivity contribution in [3.63, 3.8) is 0 Å². The lowest BCUT2D eigenvalue weighted by atomic mass is 9.80. The first-order valence-electron chi connectivity index (χ1n) is 7.06. The Morgan fingerprint density at radius 2 is 1.64 bits per heavy atom. The number of halogens is 3. The lowest BCUT2D eigenvalue weighted by Crippen LogP contribution is -2.41. The summed E-state index contributed by atoms with van der Waals surface area (Å²) in [7, 11) is 0.818. The standard InChI is InChI=1S/C15H20BF3O3/c1-13(2)14(3,4)22-16(21-13)9-10-8-11(15(17,18)19)6-7-12(10)20-5/h6-8H,9H2,1-5H3. The Morgan fingerprint density at radius 3 is 2.09 bits per heavy atom. The molecule has 1 saturated heterocycles. The van der Waals surface area contributed by atoms with Gasteiger partial charge in [0.25, 0.3) is 0 Å². The lowest BCUT2D eigenvalue weighted by Gasteiger charge is -2.32. The van der Waals surface area contributed by atoms with Crippen LogP contribution in [0.5, 0.6) is 5.75 Å². The van der Waals surface area contributed by atoms with Gasteiger partial charge in [-0.3, -0.25) is 0 Å². The smallest absolute Gasteiger partial charge is 0.462 e. The zero-order chi connectivity index (χ0) is 16.8. The third-order valence-corrected chi connectivity index (χ3v) is 4.30. The average molecular weight is 316 g/mol. The summed E-state index contributed by atoms with van der Waals surface area (Å²) >= 11 is 0. The fourth-order valence-electron chi connectivity index (χ4n) is 2.34. The van der Waals surface area contributed by atoms with Gasteiger partial charge in [0.1, 0.15) is 5.75 Å². The Hall–Kier alpha value is -1.21. The van der Waals surface area contributed by atoms with E-state index >= 15 is 0 Å². The van der Waals surface area contributed by atoms with Gasteiger partial charge in [0.2, 0.25) is 0 Å². The van der Waals surface area contributed by atoms with Gasteiger partial charge in [-0.05, 0) is 51.5 Å². The molecule has 1 heterocycles. The Morgan fingerprint density at radius 1 is 1.09 bits per heavy atom. The third-order valence-electron chi connectivity index (χ3n) is 4.30. The molecule has 1 aromatic carbocycles. The van der Waals surface area contributed by atoms with E-state index in [1.54, 1.807) is 0 Å². The van der Waals surface area contributed by atoms with Crippen LogP contribution in [0.4, 0.5) is 13.2 Å². The van der Waals surface area contributed by atoms with Crippen LogP contribution in [0.15, 0.2) is 18.2 Å². The molecule has 7 heteroatoms. The minimum absolute atomic E-state index is 0.194. The van der Waals surface area contributed by atoms with Gasteiger partial charge in [-0.25, -0.2) is 0 Å². The largest absolute Gasteiger partial charge is 0.497 e. The number of hydrogen-bond acceptors (Lipinski definition) is 3. The van der Waals surface area contributed by atoms with Gasteiger partial charge >= 0.3 is 13.3 Å². The molecule has 0 aromatic heterocycles. The van der Waals surface area contributed by atoms with Crippen molar-refractivity contribution in [1.29, 1.82) is 0 Å². The fraction of sp³-hybridized carbons (Fsp3) is 0.600. The van der Waals surface area contributed by atoms with Crippen molar-refractivity contribution in [3.05, 3.63) is 29.3 Å². The topological polar surface area (TPSA) is 27.7 Å². The van der Waals surface area contributed by atoms with E-state index < -0.39 is 30.1 Å². The van der Waals surface area contributed by atoms with E-state index in [1.807, 2.05) is 27.7 Å². The molecule has 2 rings (SSSR count). The second-order valence-electron chi connectivity index (χ2n) is 6.41. The first-order chi connectivity index (χ1) is 9.96. The predicted molar refractivity (Wildman–Crippen MR) is 77.8 cm³/mol. The van der Waals surface area contributed by atoms with Crippen LogP contribution in [-0.4, -0.2) is 25.4 Å². The summed E-state index contributed by atoms with van der Waals surface area (Å²) in [4.78, 5) is 0. The maximum absolute atomic E-state index is 12.9. The van der Waals surface area contributed by atoms with Gasteiger partial charge in [0.15, 0.2) is 0 Å². The molecule has 1 fully saturated rings. The molecular weight excluding hydrogens is 296 g/mol. The molecule has 0 unspecified atom stereocenters. The second kappa shape index (κ2) is 5.46. The zero-order valence-corrected chi connectivity index (χ0v) is 13.4. The SMILES string of the molecule is COc1ccc(C(F)(F)F)cc1CB1OC(C)(C)C(C)(C)O1. The van der Waals surface area contributed by atoms with Crippen molar-refractivity contribution in [2.24, 2.45) is 0 Å². The molecule has 1 aliphatic rings. The number of rotatable bonds is 3. The Kier molecular flexibility index (Phi) is 4.26. The third kappa shape index (κ3) is 3.25. The maximum atomic E-state index is 12.9. The summed E-state index contributed by atoms with van der Waals surface area (Å²) in [5.74, 6) is 0.391. The van der Waals surface area contributed by atoms with Crippen molar-refractivity contribution in [2.75, 3.05) is 7.11 Å². The van der Waals surface area contributed by atoms with E-state index in [4.69, 9.17) is 14.0 Å². The molecule has 1 aliphatic heterocycles. The lowest BCUT2D eigenvalue weighted by molar-refractivity contribution is -0.137. The average Bonchev–Trinajstić information content (AvgIpc) is 2.56. The van der Waals surface area contributed by atoms with E-state index in [1.165, 1.54) is 13.2 Å². The van der Waals surface area contributed by atoms with Gasteiger partial charge in [0.05, 0.1) is 23.9 Å². The molecule has 0 aliphatic carbocycles. The summed E-state index contributed by atoms with van der Waals surface area (Å²) in [5.41, 5.74) is -1.34. The molecule has 122 valence electrons. The second-order valence-corrected chi connectivity index (χ2v) is 6.41. The van der Waals surface area contributed by atoms with Gasteiger partial charge in [0, 0.05) is 6.32 Å². The van der Waals surface area contributed by atoms with Crippen molar-refractivity contribution in [3.8, 4) is 5.75 Å². The number of methoxy groups -OCH3 is 1. The van der Waals surface area contributed by atoms with E-state index in [-0.39, 0.29) is 6.32 Å². The van der Waals surface area contributed by atoms with Crippen LogP contribution in [0.1, 0.15) is 38.8 Å². The fourth-order valence-corrected chi connectivity index (χ4v) is 2.34. The predicted octanol–water partition coefficient (Wildman–Crippen LogP) is 3.89. The quantitative estimate of drug-likeness (QED) is 0.792.